The van der Waals surface area contributed by atoms with Gasteiger partial charge in [0.25, 0.3) is 0 Å². The first-order valence-corrected chi connectivity index (χ1v) is 6.18. The average Bonchev–Trinajstić information content (AvgIpc) is 2.41. The fourth-order valence-corrected chi connectivity index (χ4v) is 1.93. The molecule has 0 amide bonds. The molecular weight excluding hydrogens is 299 g/mol. The topological polar surface area (TPSA) is 29.5 Å². The maximum Gasteiger partial charge on any atom is 0.137 e. The van der Waals surface area contributed by atoms with Crippen LogP contribution in [-0.2, 0) is 0 Å². The van der Waals surface area contributed by atoms with E-state index in [9.17, 15) is 9.50 Å². The summed E-state index contributed by atoms with van der Waals surface area (Å²) < 4.78 is 18.9. The predicted molar refractivity (Wildman–Crippen MR) is 71.2 cm³/mol. The van der Waals surface area contributed by atoms with Gasteiger partial charge in [-0.25, -0.2) is 4.39 Å². The fourth-order valence-electron chi connectivity index (χ4n) is 1.69. The van der Waals surface area contributed by atoms with E-state index in [4.69, 9.17) is 4.74 Å². The minimum absolute atomic E-state index is 0.379. The van der Waals surface area contributed by atoms with Gasteiger partial charge < -0.3 is 9.84 Å². The number of hydrogen-bond donors (Lipinski definition) is 1. The number of aliphatic hydroxyl groups excluding tert-OH is 1. The molecule has 0 aliphatic rings. The van der Waals surface area contributed by atoms with Crippen molar-refractivity contribution in [2.24, 2.45) is 0 Å². The number of rotatable bonds is 3. The average molecular weight is 311 g/mol. The van der Waals surface area contributed by atoms with Crippen molar-refractivity contribution in [1.29, 1.82) is 0 Å². The summed E-state index contributed by atoms with van der Waals surface area (Å²) in [5.41, 5.74) is 1.17. The van der Waals surface area contributed by atoms with E-state index in [-0.39, 0.29) is 0 Å². The molecule has 0 aliphatic carbocycles. The normalized spacial score (nSPS) is 12.2. The SMILES string of the molecule is COc1cccc(C(O)c2ccc(Br)c(F)c2)c1. The van der Waals surface area contributed by atoms with Gasteiger partial charge in [-0.15, -0.1) is 0 Å². The molecule has 0 saturated heterocycles. The molecule has 2 aromatic rings. The van der Waals surface area contributed by atoms with E-state index in [1.807, 2.05) is 0 Å². The van der Waals surface area contributed by atoms with Gasteiger partial charge in [-0.1, -0.05) is 18.2 Å². The first kappa shape index (κ1) is 13.1. The summed E-state index contributed by atoms with van der Waals surface area (Å²) in [4.78, 5) is 0. The van der Waals surface area contributed by atoms with Crippen LogP contribution in [0.1, 0.15) is 17.2 Å². The molecule has 0 heterocycles. The van der Waals surface area contributed by atoms with E-state index in [2.05, 4.69) is 15.9 Å². The molecule has 0 saturated carbocycles. The zero-order valence-corrected chi connectivity index (χ0v) is 11.3. The van der Waals surface area contributed by atoms with Gasteiger partial charge in [-0.3, -0.25) is 0 Å². The second kappa shape index (κ2) is 5.50. The smallest absolute Gasteiger partial charge is 0.137 e. The molecule has 0 bridgehead atoms. The van der Waals surface area contributed by atoms with Crippen LogP contribution in [0.5, 0.6) is 5.75 Å². The van der Waals surface area contributed by atoms with Crippen LogP contribution in [0, 0.1) is 5.82 Å². The van der Waals surface area contributed by atoms with E-state index in [1.54, 1.807) is 43.5 Å². The van der Waals surface area contributed by atoms with Crippen molar-refractivity contribution >= 4 is 15.9 Å². The maximum absolute atomic E-state index is 13.4. The van der Waals surface area contributed by atoms with Crippen LogP contribution in [0.4, 0.5) is 4.39 Å². The number of benzene rings is 2. The lowest BCUT2D eigenvalue weighted by atomic mass is 10.0. The van der Waals surface area contributed by atoms with Crippen molar-refractivity contribution in [3.05, 3.63) is 63.9 Å². The lowest BCUT2D eigenvalue weighted by molar-refractivity contribution is 0.219. The molecule has 1 unspecified atom stereocenters. The van der Waals surface area contributed by atoms with Gasteiger partial charge in [0.05, 0.1) is 11.6 Å². The molecule has 94 valence electrons. The van der Waals surface area contributed by atoms with Gasteiger partial charge in [-0.05, 0) is 51.3 Å². The van der Waals surface area contributed by atoms with Gasteiger partial charge in [0.15, 0.2) is 0 Å². The van der Waals surface area contributed by atoms with Crippen molar-refractivity contribution < 1.29 is 14.2 Å². The standard InChI is InChI=1S/C14H12BrFO2/c1-18-11-4-2-3-9(7-11)14(17)10-5-6-12(15)13(16)8-10/h2-8,14,17H,1H3. The zero-order chi connectivity index (χ0) is 13.1. The lowest BCUT2D eigenvalue weighted by Gasteiger charge is -2.13. The molecule has 0 spiro atoms. The Morgan fingerprint density at radius 2 is 1.89 bits per heavy atom. The van der Waals surface area contributed by atoms with Crippen molar-refractivity contribution in [1.82, 2.24) is 0 Å². The number of hydrogen-bond acceptors (Lipinski definition) is 2. The van der Waals surface area contributed by atoms with Crippen LogP contribution in [-0.4, -0.2) is 12.2 Å². The largest absolute Gasteiger partial charge is 0.497 e. The number of halogens is 2. The van der Waals surface area contributed by atoms with Crippen molar-refractivity contribution in [3.8, 4) is 5.75 Å². The van der Waals surface area contributed by atoms with E-state index in [1.165, 1.54) is 6.07 Å². The molecule has 0 radical (unpaired) electrons. The fraction of sp³-hybridized carbons (Fsp3) is 0.143. The third kappa shape index (κ3) is 2.71. The van der Waals surface area contributed by atoms with Gasteiger partial charge in [0.1, 0.15) is 17.7 Å². The zero-order valence-electron chi connectivity index (χ0n) is 9.73. The van der Waals surface area contributed by atoms with Crippen LogP contribution < -0.4 is 4.74 Å². The Hall–Kier alpha value is -1.39. The minimum Gasteiger partial charge on any atom is -0.497 e. The number of aliphatic hydroxyl groups is 1. The molecule has 1 N–H and O–H groups in total. The molecule has 1 atom stereocenters. The van der Waals surface area contributed by atoms with Crippen LogP contribution in [0.3, 0.4) is 0 Å². The third-order valence-corrected chi connectivity index (χ3v) is 3.31. The molecule has 18 heavy (non-hydrogen) atoms. The molecule has 2 nitrogen and oxygen atoms in total. The Kier molecular flexibility index (Phi) is 3.99. The molecule has 4 heteroatoms. The number of methoxy groups -OCH3 is 1. The summed E-state index contributed by atoms with van der Waals surface area (Å²) in [5.74, 6) is 0.263. The van der Waals surface area contributed by atoms with Gasteiger partial charge in [0.2, 0.25) is 0 Å². The lowest BCUT2D eigenvalue weighted by Crippen LogP contribution is -2.00. The Labute approximate surface area is 113 Å². The number of ether oxygens (including phenoxy) is 1. The highest BCUT2D eigenvalue weighted by Crippen LogP contribution is 2.27. The monoisotopic (exact) mass is 310 g/mol. The highest BCUT2D eigenvalue weighted by atomic mass is 79.9. The van der Waals surface area contributed by atoms with Crippen LogP contribution in [0.15, 0.2) is 46.9 Å². The highest BCUT2D eigenvalue weighted by molar-refractivity contribution is 9.10. The quantitative estimate of drug-likeness (QED) is 0.937. The molecule has 0 aromatic heterocycles. The highest BCUT2D eigenvalue weighted by Gasteiger charge is 2.12. The molecular formula is C14H12BrFO2. The van der Waals surface area contributed by atoms with Crippen LogP contribution >= 0.6 is 15.9 Å². The summed E-state index contributed by atoms with van der Waals surface area (Å²) in [6.07, 6.45) is -0.873. The Morgan fingerprint density at radius 3 is 2.56 bits per heavy atom. The Morgan fingerprint density at radius 1 is 1.17 bits per heavy atom. The van der Waals surface area contributed by atoms with Gasteiger partial charge in [-0.2, -0.15) is 0 Å². The second-order valence-corrected chi connectivity index (χ2v) is 4.71. The predicted octanol–water partition coefficient (Wildman–Crippen LogP) is 3.68. The van der Waals surface area contributed by atoms with E-state index < -0.39 is 11.9 Å². The van der Waals surface area contributed by atoms with Gasteiger partial charge >= 0.3 is 0 Å². The minimum atomic E-state index is -0.873. The second-order valence-electron chi connectivity index (χ2n) is 3.85. The van der Waals surface area contributed by atoms with Crippen molar-refractivity contribution in [2.45, 2.75) is 6.10 Å². The molecule has 0 fully saturated rings. The Balaban J connectivity index is 2.34. The molecule has 0 aliphatic heterocycles. The summed E-state index contributed by atoms with van der Waals surface area (Å²) in [5, 5.41) is 10.2. The summed E-state index contributed by atoms with van der Waals surface area (Å²) >= 11 is 3.08. The first-order valence-electron chi connectivity index (χ1n) is 5.39. The Bertz CT molecular complexity index is 557. The summed E-state index contributed by atoms with van der Waals surface area (Å²) in [7, 11) is 1.56. The summed E-state index contributed by atoms with van der Waals surface area (Å²) in [6, 6.07) is 11.6. The third-order valence-electron chi connectivity index (χ3n) is 2.67. The van der Waals surface area contributed by atoms with Crippen molar-refractivity contribution in [2.75, 3.05) is 7.11 Å². The van der Waals surface area contributed by atoms with Crippen molar-refractivity contribution in [3.63, 3.8) is 0 Å². The van der Waals surface area contributed by atoms with Crippen LogP contribution in [0.2, 0.25) is 0 Å². The first-order chi connectivity index (χ1) is 8.61. The molecule has 2 rings (SSSR count). The molecule has 2 aromatic carbocycles. The van der Waals surface area contributed by atoms with E-state index >= 15 is 0 Å². The maximum atomic E-state index is 13.4. The van der Waals surface area contributed by atoms with Crippen LogP contribution in [0.25, 0.3) is 0 Å². The van der Waals surface area contributed by atoms with E-state index in [0.717, 1.165) is 0 Å². The van der Waals surface area contributed by atoms with E-state index in [0.29, 0.717) is 21.3 Å². The van der Waals surface area contributed by atoms with Gasteiger partial charge in [0, 0.05) is 0 Å². The summed E-state index contributed by atoms with van der Waals surface area (Å²) in [6.45, 7) is 0.